The van der Waals surface area contributed by atoms with Gasteiger partial charge in [0.05, 0.1) is 17.2 Å². The van der Waals surface area contributed by atoms with Gasteiger partial charge in [-0.3, -0.25) is 0 Å². The van der Waals surface area contributed by atoms with Crippen LogP contribution in [0.3, 0.4) is 0 Å². The maximum Gasteiger partial charge on any atom is 0.339 e. The van der Waals surface area contributed by atoms with Gasteiger partial charge in [-0.25, -0.2) is 9.59 Å². The van der Waals surface area contributed by atoms with E-state index in [1.807, 2.05) is 0 Å². The summed E-state index contributed by atoms with van der Waals surface area (Å²) in [5, 5.41) is 81.4. The number of aliphatic hydroxyl groups excluding tert-OH is 2. The van der Waals surface area contributed by atoms with Gasteiger partial charge < -0.3 is 55.1 Å². The number of phenolic OH excluding ortho intramolecular Hbond substituents is 6. The molecule has 2 aliphatic heterocycles. The quantitative estimate of drug-likeness (QED) is 0.185. The van der Waals surface area contributed by atoms with E-state index in [0.29, 0.717) is 12.1 Å². The van der Waals surface area contributed by atoms with E-state index in [4.69, 9.17) is 14.2 Å². The van der Waals surface area contributed by atoms with Gasteiger partial charge in [-0.15, -0.1) is 0 Å². The summed E-state index contributed by atoms with van der Waals surface area (Å²) in [5.41, 5.74) is -2.96. The van der Waals surface area contributed by atoms with Crippen molar-refractivity contribution in [2.24, 2.45) is 0 Å². The highest BCUT2D eigenvalue weighted by Gasteiger charge is 2.49. The third-order valence-electron chi connectivity index (χ3n) is 5.46. The van der Waals surface area contributed by atoms with Crippen LogP contribution in [0.25, 0.3) is 11.1 Å². The topological polar surface area (TPSA) is 224 Å². The van der Waals surface area contributed by atoms with Crippen LogP contribution in [0.15, 0.2) is 12.1 Å². The van der Waals surface area contributed by atoms with Crippen LogP contribution in [-0.4, -0.2) is 83.5 Å². The van der Waals surface area contributed by atoms with Gasteiger partial charge in [0.25, 0.3) is 0 Å². The fourth-order valence-electron chi connectivity index (χ4n) is 3.75. The van der Waals surface area contributed by atoms with E-state index in [1.54, 1.807) is 0 Å². The van der Waals surface area contributed by atoms with Crippen molar-refractivity contribution in [3.05, 3.63) is 23.3 Å². The summed E-state index contributed by atoms with van der Waals surface area (Å²) < 4.78 is 15.4. The highest BCUT2D eigenvalue weighted by atomic mass is 16.7. The number of aromatic hydroxyl groups is 6. The number of phenols is 6. The summed E-state index contributed by atoms with van der Waals surface area (Å²) in [7, 11) is 0. The van der Waals surface area contributed by atoms with Crippen molar-refractivity contribution in [2.75, 3.05) is 0 Å². The number of carbonyl (C=O) groups excluding carboxylic acids is 2. The molecule has 13 nitrogen and oxygen atoms in total. The molecule has 13 heteroatoms. The van der Waals surface area contributed by atoms with Gasteiger partial charge in [0, 0.05) is 11.1 Å². The summed E-state index contributed by atoms with van der Waals surface area (Å²) in [6.07, 6.45) is -8.01. The predicted octanol–water partition coefficient (Wildman–Crippen LogP) is -0.250. The SMILES string of the molecule is C[C@H]1OC(O)[C@@H]2OC(=O)c3cc(O)c(O)c(O)c3-c3c(cc(O)c(O)c3O)C(=O)O[C@H]2[C@@H]1O. The second-order valence-electron chi connectivity index (χ2n) is 7.49. The van der Waals surface area contributed by atoms with Gasteiger partial charge in [-0.05, 0) is 19.1 Å². The Bertz CT molecular complexity index is 1170. The maximum atomic E-state index is 13.0. The zero-order valence-corrected chi connectivity index (χ0v) is 16.7. The van der Waals surface area contributed by atoms with Crippen LogP contribution in [0.4, 0.5) is 0 Å². The van der Waals surface area contributed by atoms with Crippen LogP contribution >= 0.6 is 0 Å². The molecule has 0 aromatic heterocycles. The minimum atomic E-state index is -1.87. The molecule has 0 radical (unpaired) electrons. The lowest BCUT2D eigenvalue weighted by Crippen LogP contribution is -2.59. The van der Waals surface area contributed by atoms with E-state index in [-0.39, 0.29) is 0 Å². The molecular formula is C20H18O13. The number of esters is 2. The molecule has 2 aromatic rings. The Morgan fingerprint density at radius 3 is 1.58 bits per heavy atom. The molecule has 8 N–H and O–H groups in total. The number of hydrogen-bond donors (Lipinski definition) is 8. The standard InChI is InChI=1S/C20H18O13/c1-4-11(23)16-17(20(30)31-4)33-19(29)6-3-8(22)13(25)15(27)10(6)9-5(18(28)32-16)2-7(21)12(24)14(9)26/h2-4,11,16-17,20-27,30H,1H3/t4-,11-,16+,17-,20?/m1/s1. The van der Waals surface area contributed by atoms with Crippen molar-refractivity contribution in [3.8, 4) is 45.6 Å². The predicted molar refractivity (Wildman–Crippen MR) is 103 cm³/mol. The first-order chi connectivity index (χ1) is 15.4. The van der Waals surface area contributed by atoms with Crippen LogP contribution in [0.2, 0.25) is 0 Å². The van der Waals surface area contributed by atoms with Crippen molar-refractivity contribution in [1.29, 1.82) is 0 Å². The lowest BCUT2D eigenvalue weighted by Gasteiger charge is -2.41. The second-order valence-corrected chi connectivity index (χ2v) is 7.49. The number of benzene rings is 2. The molecule has 0 amide bonds. The fourth-order valence-corrected chi connectivity index (χ4v) is 3.75. The summed E-state index contributed by atoms with van der Waals surface area (Å²) >= 11 is 0. The van der Waals surface area contributed by atoms with Crippen LogP contribution in [-0.2, 0) is 14.2 Å². The average Bonchev–Trinajstić information content (AvgIpc) is 2.76. The number of fused-ring (bicyclic) bond motifs is 4. The van der Waals surface area contributed by atoms with Crippen LogP contribution in [0.1, 0.15) is 27.6 Å². The monoisotopic (exact) mass is 466 g/mol. The lowest BCUT2D eigenvalue weighted by atomic mass is 9.91. The van der Waals surface area contributed by atoms with Gasteiger partial charge in [-0.1, -0.05) is 0 Å². The van der Waals surface area contributed by atoms with Crippen LogP contribution < -0.4 is 0 Å². The highest BCUT2D eigenvalue weighted by Crippen LogP contribution is 2.53. The molecule has 0 aliphatic carbocycles. The van der Waals surface area contributed by atoms with Gasteiger partial charge in [-0.2, -0.15) is 0 Å². The van der Waals surface area contributed by atoms with Crippen LogP contribution in [0.5, 0.6) is 34.5 Å². The molecule has 2 heterocycles. The van der Waals surface area contributed by atoms with E-state index in [2.05, 4.69) is 0 Å². The fraction of sp³-hybridized carbons (Fsp3) is 0.300. The number of rotatable bonds is 0. The first-order valence-corrected chi connectivity index (χ1v) is 9.43. The molecule has 1 saturated heterocycles. The first kappa shape index (κ1) is 22.3. The van der Waals surface area contributed by atoms with E-state index >= 15 is 0 Å². The molecule has 1 unspecified atom stereocenters. The Labute approximate surface area is 183 Å². The molecule has 0 bridgehead atoms. The molecule has 2 aromatic carbocycles. The van der Waals surface area contributed by atoms with Gasteiger partial charge >= 0.3 is 11.9 Å². The second kappa shape index (κ2) is 7.58. The smallest absolute Gasteiger partial charge is 0.339 e. The van der Waals surface area contributed by atoms with Crippen molar-refractivity contribution >= 4 is 11.9 Å². The van der Waals surface area contributed by atoms with E-state index < -0.39 is 99.4 Å². The van der Waals surface area contributed by atoms with Gasteiger partial charge in [0.2, 0.25) is 11.5 Å². The molecule has 4 rings (SSSR count). The van der Waals surface area contributed by atoms with Gasteiger partial charge in [0.1, 0.15) is 6.10 Å². The third kappa shape index (κ3) is 3.29. The number of ether oxygens (including phenoxy) is 3. The molecule has 0 saturated carbocycles. The molecule has 0 spiro atoms. The summed E-state index contributed by atoms with van der Waals surface area (Å²) in [6, 6.07) is 1.28. The minimum absolute atomic E-state index is 0.636. The average molecular weight is 466 g/mol. The van der Waals surface area contributed by atoms with Crippen LogP contribution in [0, 0.1) is 0 Å². The van der Waals surface area contributed by atoms with Gasteiger partial charge in [0.15, 0.2) is 41.5 Å². The summed E-state index contributed by atoms with van der Waals surface area (Å²) in [5.74, 6) is -9.35. The third-order valence-corrected chi connectivity index (χ3v) is 5.46. The number of carbonyl (C=O) groups is 2. The Morgan fingerprint density at radius 1 is 0.697 bits per heavy atom. The number of hydrogen-bond acceptors (Lipinski definition) is 13. The molecule has 5 atom stereocenters. The molecular weight excluding hydrogens is 448 g/mol. The summed E-state index contributed by atoms with van der Waals surface area (Å²) in [6.45, 7) is 1.34. The zero-order valence-electron chi connectivity index (χ0n) is 16.7. The molecule has 176 valence electrons. The van der Waals surface area contributed by atoms with E-state index in [0.717, 1.165) is 0 Å². The van der Waals surface area contributed by atoms with E-state index in [1.165, 1.54) is 6.92 Å². The first-order valence-electron chi connectivity index (χ1n) is 9.43. The van der Waals surface area contributed by atoms with Crippen molar-refractivity contribution in [1.82, 2.24) is 0 Å². The largest absolute Gasteiger partial charge is 0.504 e. The van der Waals surface area contributed by atoms with Crippen molar-refractivity contribution < 1.29 is 64.7 Å². The van der Waals surface area contributed by atoms with Crippen molar-refractivity contribution in [3.63, 3.8) is 0 Å². The van der Waals surface area contributed by atoms with Crippen molar-refractivity contribution in [2.45, 2.75) is 37.6 Å². The Hall–Kier alpha value is -3.94. The number of aliphatic hydroxyl groups is 2. The lowest BCUT2D eigenvalue weighted by molar-refractivity contribution is -0.276. The summed E-state index contributed by atoms with van der Waals surface area (Å²) in [4.78, 5) is 26.0. The highest BCUT2D eigenvalue weighted by molar-refractivity contribution is 6.08. The zero-order chi connectivity index (χ0) is 24.4. The minimum Gasteiger partial charge on any atom is -0.504 e. The Morgan fingerprint density at radius 2 is 1.12 bits per heavy atom. The molecule has 2 aliphatic rings. The normalized spacial score (nSPS) is 26.9. The Kier molecular flexibility index (Phi) is 5.11. The molecule has 33 heavy (non-hydrogen) atoms. The Balaban J connectivity index is 2.07. The van der Waals surface area contributed by atoms with E-state index in [9.17, 15) is 50.4 Å². The molecule has 1 fully saturated rings. The maximum absolute atomic E-state index is 13.0.